The fourth-order valence-corrected chi connectivity index (χ4v) is 0.617. The smallest absolute Gasteiger partial charge is 0.300 e. The molecule has 0 aliphatic heterocycles. The summed E-state index contributed by atoms with van der Waals surface area (Å²) < 4.78 is 0. The van der Waals surface area contributed by atoms with Crippen molar-refractivity contribution >= 4 is 22.4 Å². The Kier molecular flexibility index (Phi) is 4.23. The Bertz CT molecular complexity index is 182. The lowest BCUT2D eigenvalue weighted by molar-refractivity contribution is -0.134. The molecule has 0 radical (unpaired) electrons. The van der Waals surface area contributed by atoms with E-state index in [0.29, 0.717) is 5.13 Å². The first-order chi connectivity index (χ1) is 4.63. The number of nitrogen functional groups attached to an aromatic ring is 1. The van der Waals surface area contributed by atoms with Crippen molar-refractivity contribution in [3.8, 4) is 0 Å². The van der Waals surface area contributed by atoms with Gasteiger partial charge in [-0.05, 0) is 0 Å². The van der Waals surface area contributed by atoms with Gasteiger partial charge >= 0.3 is 0 Å². The molecule has 0 bridgehead atoms. The van der Waals surface area contributed by atoms with Crippen LogP contribution in [-0.2, 0) is 4.79 Å². The van der Waals surface area contributed by atoms with Crippen LogP contribution in [-0.4, -0.2) is 16.1 Å². The monoisotopic (exact) mass is 160 g/mol. The van der Waals surface area contributed by atoms with E-state index in [0.717, 1.165) is 6.92 Å². The molecule has 0 saturated carbocycles. The number of nitrogens with zero attached hydrogens (tertiary/aromatic N) is 1. The van der Waals surface area contributed by atoms with Crippen LogP contribution in [0.5, 0.6) is 0 Å². The lowest BCUT2D eigenvalue weighted by atomic mass is 10.9. The number of carboxylic acid groups (broad SMARTS) is 1. The molecule has 0 atom stereocenters. The summed E-state index contributed by atoms with van der Waals surface area (Å²) in [6, 6.07) is 0. The highest BCUT2D eigenvalue weighted by Gasteiger charge is 1.76. The number of aromatic nitrogens is 1. The predicted molar refractivity (Wildman–Crippen MR) is 39.8 cm³/mol. The second kappa shape index (κ2) is 4.75. The molecular formula is C5H8N2O2S. The molecular weight excluding hydrogens is 152 g/mol. The Hall–Kier alpha value is -1.10. The first kappa shape index (κ1) is 8.90. The third-order valence-electron chi connectivity index (χ3n) is 0.451. The summed E-state index contributed by atoms with van der Waals surface area (Å²) in [5, 5.41) is 9.89. The molecule has 0 saturated heterocycles. The molecule has 3 N–H and O–H groups in total. The van der Waals surface area contributed by atoms with E-state index in [2.05, 4.69) is 4.98 Å². The molecule has 1 heterocycles. The van der Waals surface area contributed by atoms with Crippen molar-refractivity contribution < 1.29 is 9.90 Å². The number of carboxylic acids is 1. The van der Waals surface area contributed by atoms with Gasteiger partial charge in [0.2, 0.25) is 0 Å². The van der Waals surface area contributed by atoms with Gasteiger partial charge in [0.1, 0.15) is 0 Å². The highest BCUT2D eigenvalue weighted by molar-refractivity contribution is 7.13. The minimum atomic E-state index is -0.833. The summed E-state index contributed by atoms with van der Waals surface area (Å²) in [7, 11) is 0. The summed E-state index contributed by atoms with van der Waals surface area (Å²) >= 11 is 1.44. The standard InChI is InChI=1S/C3H4N2S.C2H4O2/c4-3-5-1-2-6-3;1-2(3)4/h1-2H,(H2,4,5);1H3,(H,3,4). The molecule has 1 rings (SSSR count). The normalized spacial score (nSPS) is 7.70. The Balaban J connectivity index is 0.000000180. The maximum atomic E-state index is 9.00. The van der Waals surface area contributed by atoms with Gasteiger partial charge in [-0.1, -0.05) is 0 Å². The Morgan fingerprint density at radius 1 is 1.90 bits per heavy atom. The molecule has 0 aromatic carbocycles. The number of nitrogens with two attached hydrogens (primary N) is 1. The van der Waals surface area contributed by atoms with Crippen LogP contribution in [0.25, 0.3) is 0 Å². The van der Waals surface area contributed by atoms with Crippen molar-refractivity contribution in [2.45, 2.75) is 6.92 Å². The molecule has 5 heteroatoms. The second-order valence-electron chi connectivity index (χ2n) is 1.39. The molecule has 0 fully saturated rings. The summed E-state index contributed by atoms with van der Waals surface area (Å²) in [5.74, 6) is -0.833. The van der Waals surface area contributed by atoms with Crippen molar-refractivity contribution in [1.82, 2.24) is 4.98 Å². The highest BCUT2D eigenvalue weighted by atomic mass is 32.1. The zero-order valence-electron chi connectivity index (χ0n) is 5.44. The van der Waals surface area contributed by atoms with Gasteiger partial charge in [-0.3, -0.25) is 4.79 Å². The van der Waals surface area contributed by atoms with E-state index in [-0.39, 0.29) is 0 Å². The van der Waals surface area contributed by atoms with Crippen molar-refractivity contribution in [1.29, 1.82) is 0 Å². The van der Waals surface area contributed by atoms with Crippen molar-refractivity contribution in [2.24, 2.45) is 0 Å². The maximum absolute atomic E-state index is 9.00. The third kappa shape index (κ3) is 6.90. The minimum Gasteiger partial charge on any atom is -0.481 e. The number of carbonyl (C=O) groups is 1. The van der Waals surface area contributed by atoms with Gasteiger partial charge < -0.3 is 10.8 Å². The minimum absolute atomic E-state index is 0.634. The molecule has 1 aromatic heterocycles. The molecule has 0 amide bonds. The summed E-state index contributed by atoms with van der Waals surface area (Å²) in [6.07, 6.45) is 1.68. The van der Waals surface area contributed by atoms with E-state index in [1.54, 1.807) is 6.20 Å². The summed E-state index contributed by atoms with van der Waals surface area (Å²) in [6.45, 7) is 1.08. The van der Waals surface area contributed by atoms with Crippen molar-refractivity contribution in [3.05, 3.63) is 11.6 Å². The Morgan fingerprint density at radius 2 is 2.40 bits per heavy atom. The number of aliphatic carboxylic acids is 1. The van der Waals surface area contributed by atoms with Crippen LogP contribution in [0, 0.1) is 0 Å². The fraction of sp³-hybridized carbons (Fsp3) is 0.200. The lowest BCUT2D eigenvalue weighted by Gasteiger charge is -1.67. The van der Waals surface area contributed by atoms with E-state index in [4.69, 9.17) is 15.6 Å². The quantitative estimate of drug-likeness (QED) is 0.589. The van der Waals surface area contributed by atoms with E-state index in [1.807, 2.05) is 5.38 Å². The highest BCUT2D eigenvalue weighted by Crippen LogP contribution is 2.02. The number of hydrogen-bond donors (Lipinski definition) is 2. The van der Waals surface area contributed by atoms with E-state index >= 15 is 0 Å². The Labute approximate surface area is 62.3 Å². The molecule has 4 nitrogen and oxygen atoms in total. The first-order valence-corrected chi connectivity index (χ1v) is 3.35. The zero-order chi connectivity index (χ0) is 7.98. The van der Waals surface area contributed by atoms with Gasteiger partial charge in [-0.2, -0.15) is 0 Å². The molecule has 0 unspecified atom stereocenters. The first-order valence-electron chi connectivity index (χ1n) is 2.47. The number of anilines is 1. The fourth-order valence-electron chi connectivity index (χ4n) is 0.234. The van der Waals surface area contributed by atoms with Gasteiger partial charge in [0.05, 0.1) is 0 Å². The van der Waals surface area contributed by atoms with Crippen LogP contribution in [0.3, 0.4) is 0 Å². The van der Waals surface area contributed by atoms with Crippen LogP contribution in [0.15, 0.2) is 11.6 Å². The van der Waals surface area contributed by atoms with Crippen LogP contribution >= 0.6 is 11.3 Å². The van der Waals surface area contributed by atoms with Gasteiger partial charge in [0, 0.05) is 18.5 Å². The molecule has 1 aromatic rings. The van der Waals surface area contributed by atoms with Gasteiger partial charge in [0.15, 0.2) is 5.13 Å². The molecule has 0 aliphatic carbocycles. The Morgan fingerprint density at radius 3 is 2.50 bits per heavy atom. The van der Waals surface area contributed by atoms with Crippen LogP contribution in [0.1, 0.15) is 6.92 Å². The summed E-state index contributed by atoms with van der Waals surface area (Å²) in [4.78, 5) is 12.7. The van der Waals surface area contributed by atoms with Crippen molar-refractivity contribution in [3.63, 3.8) is 0 Å². The van der Waals surface area contributed by atoms with Crippen LogP contribution in [0.2, 0.25) is 0 Å². The second-order valence-corrected chi connectivity index (χ2v) is 2.32. The maximum Gasteiger partial charge on any atom is 0.300 e. The third-order valence-corrected chi connectivity index (χ3v) is 1.06. The van der Waals surface area contributed by atoms with E-state index in [9.17, 15) is 0 Å². The average molecular weight is 160 g/mol. The predicted octanol–water partition coefficient (Wildman–Crippen LogP) is 0.816. The van der Waals surface area contributed by atoms with Crippen LogP contribution < -0.4 is 5.73 Å². The van der Waals surface area contributed by atoms with Gasteiger partial charge in [-0.15, -0.1) is 11.3 Å². The number of hydrogen-bond acceptors (Lipinski definition) is 4. The van der Waals surface area contributed by atoms with E-state index in [1.165, 1.54) is 11.3 Å². The molecule has 56 valence electrons. The van der Waals surface area contributed by atoms with Gasteiger partial charge in [-0.25, -0.2) is 4.98 Å². The average Bonchev–Trinajstić information content (AvgIpc) is 2.15. The summed E-state index contributed by atoms with van der Waals surface area (Å²) in [5.41, 5.74) is 5.19. The number of rotatable bonds is 0. The molecule has 0 spiro atoms. The molecule has 10 heavy (non-hydrogen) atoms. The SMILES string of the molecule is CC(=O)O.Nc1nccs1. The van der Waals surface area contributed by atoms with Crippen LogP contribution in [0.4, 0.5) is 5.13 Å². The number of thiazole rings is 1. The van der Waals surface area contributed by atoms with E-state index < -0.39 is 5.97 Å². The zero-order valence-corrected chi connectivity index (χ0v) is 6.26. The van der Waals surface area contributed by atoms with Crippen molar-refractivity contribution in [2.75, 3.05) is 5.73 Å². The largest absolute Gasteiger partial charge is 0.481 e. The lowest BCUT2D eigenvalue weighted by Crippen LogP contribution is -1.78. The van der Waals surface area contributed by atoms with Gasteiger partial charge in [0.25, 0.3) is 5.97 Å². The topological polar surface area (TPSA) is 76.2 Å². The molecule has 0 aliphatic rings.